The summed E-state index contributed by atoms with van der Waals surface area (Å²) in [5.41, 5.74) is 1.46. The summed E-state index contributed by atoms with van der Waals surface area (Å²) in [5.74, 6) is 1.12. The summed E-state index contributed by atoms with van der Waals surface area (Å²) >= 11 is 0. The van der Waals surface area contributed by atoms with Gasteiger partial charge in [0.15, 0.2) is 0 Å². The molecule has 1 fully saturated rings. The van der Waals surface area contributed by atoms with Gasteiger partial charge in [0.25, 0.3) is 0 Å². The molecule has 0 aromatic carbocycles. The maximum absolute atomic E-state index is 4.56. The van der Waals surface area contributed by atoms with E-state index in [0.29, 0.717) is 0 Å². The maximum Gasteiger partial charge on any atom is 0.128 e. The van der Waals surface area contributed by atoms with E-state index < -0.39 is 0 Å². The Morgan fingerprint density at radius 2 is 1.90 bits per heavy atom. The molecule has 0 saturated carbocycles. The molecular weight excluding hydrogens is 260 g/mol. The lowest BCUT2D eigenvalue weighted by Crippen LogP contribution is -2.46. The highest BCUT2D eigenvalue weighted by atomic mass is 15.3. The Morgan fingerprint density at radius 3 is 2.52 bits per heavy atom. The number of aromatic nitrogens is 1. The summed E-state index contributed by atoms with van der Waals surface area (Å²) in [6.07, 6.45) is 3.18. The average Bonchev–Trinajstić information content (AvgIpc) is 2.46. The molecular formula is C17H30N4. The Labute approximate surface area is 129 Å². The number of pyridine rings is 1. The number of anilines is 1. The predicted molar refractivity (Wildman–Crippen MR) is 89.8 cm³/mol. The summed E-state index contributed by atoms with van der Waals surface area (Å²) in [4.78, 5) is 9.51. The van der Waals surface area contributed by atoms with Gasteiger partial charge in [0.1, 0.15) is 5.82 Å². The van der Waals surface area contributed by atoms with Gasteiger partial charge in [-0.15, -0.1) is 0 Å². The van der Waals surface area contributed by atoms with Gasteiger partial charge in [-0.2, -0.15) is 0 Å². The van der Waals surface area contributed by atoms with Crippen molar-refractivity contribution < 1.29 is 0 Å². The predicted octanol–water partition coefficient (Wildman–Crippen LogP) is 2.50. The van der Waals surface area contributed by atoms with Gasteiger partial charge in [-0.3, -0.25) is 4.90 Å². The molecule has 2 heterocycles. The molecule has 0 aliphatic carbocycles. The van der Waals surface area contributed by atoms with E-state index in [1.165, 1.54) is 18.5 Å². The molecule has 21 heavy (non-hydrogen) atoms. The summed E-state index contributed by atoms with van der Waals surface area (Å²) in [6.45, 7) is 15.4. The van der Waals surface area contributed by atoms with Crippen molar-refractivity contribution in [2.75, 3.05) is 37.6 Å². The third-order valence-corrected chi connectivity index (χ3v) is 3.87. The van der Waals surface area contributed by atoms with E-state index in [1.54, 1.807) is 0 Å². The number of nitrogens with zero attached hydrogens (tertiary/aromatic N) is 3. The maximum atomic E-state index is 4.56. The Balaban J connectivity index is 1.92. The molecule has 0 atom stereocenters. The van der Waals surface area contributed by atoms with Crippen LogP contribution in [0.3, 0.4) is 0 Å². The van der Waals surface area contributed by atoms with Crippen molar-refractivity contribution in [1.29, 1.82) is 0 Å². The Hall–Kier alpha value is -1.13. The normalized spacial score (nSPS) is 17.2. The number of piperazine rings is 1. The smallest absolute Gasteiger partial charge is 0.128 e. The second kappa shape index (κ2) is 7.23. The van der Waals surface area contributed by atoms with Crippen molar-refractivity contribution in [3.05, 3.63) is 23.9 Å². The summed E-state index contributed by atoms with van der Waals surface area (Å²) in [7, 11) is 0. The van der Waals surface area contributed by atoms with Crippen molar-refractivity contribution in [3.63, 3.8) is 0 Å². The molecule has 1 aliphatic heterocycles. The van der Waals surface area contributed by atoms with Gasteiger partial charge in [0, 0.05) is 44.5 Å². The standard InChI is InChI=1S/C17H30N4/c1-5-8-20-9-11-21(12-10-20)16-13-15(6-7-18-16)14-19-17(2,3)4/h6-7,13,19H,5,8-12,14H2,1-4H3. The number of nitrogens with one attached hydrogen (secondary N) is 1. The fraction of sp³-hybridized carbons (Fsp3) is 0.706. The van der Waals surface area contributed by atoms with E-state index in [1.807, 2.05) is 6.20 Å². The van der Waals surface area contributed by atoms with Crippen LogP contribution in [0, 0.1) is 0 Å². The van der Waals surface area contributed by atoms with Gasteiger partial charge in [0.05, 0.1) is 0 Å². The Kier molecular flexibility index (Phi) is 5.59. The molecule has 4 nitrogen and oxygen atoms in total. The first-order valence-corrected chi connectivity index (χ1v) is 8.15. The monoisotopic (exact) mass is 290 g/mol. The third kappa shape index (κ3) is 5.29. The lowest BCUT2D eigenvalue weighted by molar-refractivity contribution is 0.258. The minimum atomic E-state index is 0.148. The summed E-state index contributed by atoms with van der Waals surface area (Å²) in [5, 5.41) is 3.54. The van der Waals surface area contributed by atoms with E-state index >= 15 is 0 Å². The zero-order valence-electron chi connectivity index (χ0n) is 14.0. The van der Waals surface area contributed by atoms with Crippen molar-refractivity contribution in [2.24, 2.45) is 0 Å². The van der Waals surface area contributed by atoms with Crippen LogP contribution in [0.5, 0.6) is 0 Å². The van der Waals surface area contributed by atoms with E-state index in [0.717, 1.165) is 38.5 Å². The molecule has 0 unspecified atom stereocenters. The van der Waals surface area contributed by atoms with E-state index in [4.69, 9.17) is 0 Å². The van der Waals surface area contributed by atoms with Crippen LogP contribution in [0.15, 0.2) is 18.3 Å². The zero-order chi connectivity index (χ0) is 15.3. The average molecular weight is 290 g/mol. The molecule has 0 spiro atoms. The second-order valence-electron chi connectivity index (χ2n) is 6.95. The van der Waals surface area contributed by atoms with Gasteiger partial charge < -0.3 is 10.2 Å². The van der Waals surface area contributed by atoms with E-state index in [9.17, 15) is 0 Å². The first-order chi connectivity index (χ1) is 9.98. The van der Waals surface area contributed by atoms with Crippen LogP contribution < -0.4 is 10.2 Å². The molecule has 0 bridgehead atoms. The molecule has 4 heteroatoms. The topological polar surface area (TPSA) is 31.4 Å². The van der Waals surface area contributed by atoms with Crippen LogP contribution in [-0.4, -0.2) is 48.1 Å². The first-order valence-electron chi connectivity index (χ1n) is 8.15. The van der Waals surface area contributed by atoms with Crippen LogP contribution in [-0.2, 0) is 6.54 Å². The van der Waals surface area contributed by atoms with E-state index in [-0.39, 0.29) is 5.54 Å². The number of rotatable bonds is 5. The largest absolute Gasteiger partial charge is 0.354 e. The van der Waals surface area contributed by atoms with Gasteiger partial charge in [-0.1, -0.05) is 6.92 Å². The SMILES string of the molecule is CCCN1CCN(c2cc(CNC(C)(C)C)ccn2)CC1. The van der Waals surface area contributed by atoms with Crippen molar-refractivity contribution in [3.8, 4) is 0 Å². The lowest BCUT2D eigenvalue weighted by Gasteiger charge is -2.35. The third-order valence-electron chi connectivity index (χ3n) is 3.87. The number of hydrogen-bond acceptors (Lipinski definition) is 4. The van der Waals surface area contributed by atoms with Crippen LogP contribution in [0.25, 0.3) is 0 Å². The highest BCUT2D eigenvalue weighted by Crippen LogP contribution is 2.16. The van der Waals surface area contributed by atoms with Crippen LogP contribution in [0.2, 0.25) is 0 Å². The minimum Gasteiger partial charge on any atom is -0.354 e. The summed E-state index contributed by atoms with van der Waals surface area (Å²) in [6, 6.07) is 4.34. The minimum absolute atomic E-state index is 0.148. The molecule has 1 aromatic rings. The molecule has 1 saturated heterocycles. The quantitative estimate of drug-likeness (QED) is 0.903. The lowest BCUT2D eigenvalue weighted by atomic mass is 10.1. The van der Waals surface area contributed by atoms with Crippen molar-refractivity contribution in [2.45, 2.75) is 46.2 Å². The highest BCUT2D eigenvalue weighted by molar-refractivity contribution is 5.41. The zero-order valence-corrected chi connectivity index (χ0v) is 14.0. The summed E-state index contributed by atoms with van der Waals surface area (Å²) < 4.78 is 0. The fourth-order valence-electron chi connectivity index (χ4n) is 2.63. The fourth-order valence-corrected chi connectivity index (χ4v) is 2.63. The van der Waals surface area contributed by atoms with Crippen LogP contribution in [0.1, 0.15) is 39.7 Å². The van der Waals surface area contributed by atoms with E-state index in [2.05, 4.69) is 59.9 Å². The van der Waals surface area contributed by atoms with Crippen LogP contribution in [0.4, 0.5) is 5.82 Å². The number of hydrogen-bond donors (Lipinski definition) is 1. The molecule has 0 amide bonds. The highest BCUT2D eigenvalue weighted by Gasteiger charge is 2.17. The van der Waals surface area contributed by atoms with Crippen molar-refractivity contribution >= 4 is 5.82 Å². The van der Waals surface area contributed by atoms with Gasteiger partial charge in [0.2, 0.25) is 0 Å². The Morgan fingerprint density at radius 1 is 1.19 bits per heavy atom. The molecule has 2 rings (SSSR count). The second-order valence-corrected chi connectivity index (χ2v) is 6.95. The van der Waals surface area contributed by atoms with Gasteiger partial charge in [-0.25, -0.2) is 4.98 Å². The van der Waals surface area contributed by atoms with Crippen LogP contribution >= 0.6 is 0 Å². The van der Waals surface area contributed by atoms with Gasteiger partial charge in [-0.05, 0) is 51.4 Å². The molecule has 1 N–H and O–H groups in total. The van der Waals surface area contributed by atoms with Crippen molar-refractivity contribution in [1.82, 2.24) is 15.2 Å². The Bertz CT molecular complexity index is 431. The first kappa shape index (κ1) is 16.2. The van der Waals surface area contributed by atoms with Gasteiger partial charge >= 0.3 is 0 Å². The molecule has 1 aromatic heterocycles. The molecule has 0 radical (unpaired) electrons. The molecule has 1 aliphatic rings. The molecule has 118 valence electrons.